The van der Waals surface area contributed by atoms with Gasteiger partial charge in [0.05, 0.1) is 11.6 Å². The lowest BCUT2D eigenvalue weighted by Crippen LogP contribution is -2.31. The second-order valence-corrected chi connectivity index (χ2v) is 6.39. The Morgan fingerprint density at radius 1 is 1.42 bits per heavy atom. The van der Waals surface area contributed by atoms with Crippen molar-refractivity contribution in [2.75, 3.05) is 18.4 Å². The van der Waals surface area contributed by atoms with Crippen LogP contribution >= 0.6 is 0 Å². The van der Waals surface area contributed by atoms with Crippen LogP contribution in [0.4, 0.5) is 5.69 Å². The third kappa shape index (κ3) is 3.58. The Kier molecular flexibility index (Phi) is 4.54. The van der Waals surface area contributed by atoms with Crippen LogP contribution < -0.4 is 5.32 Å². The lowest BCUT2D eigenvalue weighted by molar-refractivity contribution is -0.128. The van der Waals surface area contributed by atoms with Gasteiger partial charge in [0.1, 0.15) is 6.33 Å². The van der Waals surface area contributed by atoms with Gasteiger partial charge in [0.25, 0.3) is 0 Å². The van der Waals surface area contributed by atoms with Crippen LogP contribution in [0.25, 0.3) is 5.69 Å². The van der Waals surface area contributed by atoms with Crippen molar-refractivity contribution in [2.24, 2.45) is 11.8 Å². The number of likely N-dealkylation sites (tertiary alicyclic amines) is 1. The maximum absolute atomic E-state index is 12.5. The Balaban J connectivity index is 1.65. The van der Waals surface area contributed by atoms with Crippen LogP contribution in [0.2, 0.25) is 0 Å². The fraction of sp³-hybridized carbons (Fsp3) is 0.438. The Labute approximate surface area is 139 Å². The van der Waals surface area contributed by atoms with E-state index in [1.54, 1.807) is 17.0 Å². The summed E-state index contributed by atoms with van der Waals surface area (Å²) < 4.78 is 1.51. The molecule has 1 N–H and O–H groups in total. The summed E-state index contributed by atoms with van der Waals surface area (Å²) >= 11 is 0. The first-order valence-electron chi connectivity index (χ1n) is 7.95. The predicted octanol–water partition coefficient (Wildman–Crippen LogP) is 1.11. The maximum atomic E-state index is 12.5. The van der Waals surface area contributed by atoms with Crippen molar-refractivity contribution in [2.45, 2.75) is 20.3 Å². The lowest BCUT2D eigenvalue weighted by Gasteiger charge is -2.18. The summed E-state index contributed by atoms with van der Waals surface area (Å²) in [4.78, 5) is 26.2. The second-order valence-electron chi connectivity index (χ2n) is 6.39. The minimum absolute atomic E-state index is 0.0475. The van der Waals surface area contributed by atoms with Gasteiger partial charge in [0.2, 0.25) is 11.8 Å². The SMILES string of the molecule is CC(C)CN1C[C@@H](C(=O)Nc2cccc(-n3cnnn3)c2)CC1=O. The molecule has 2 amide bonds. The highest BCUT2D eigenvalue weighted by atomic mass is 16.2. The average molecular weight is 328 g/mol. The maximum Gasteiger partial charge on any atom is 0.229 e. The summed E-state index contributed by atoms with van der Waals surface area (Å²) in [5.41, 5.74) is 1.41. The number of nitrogens with zero attached hydrogens (tertiary/aromatic N) is 5. The Morgan fingerprint density at radius 3 is 2.96 bits per heavy atom. The van der Waals surface area contributed by atoms with E-state index in [1.165, 1.54) is 11.0 Å². The second kappa shape index (κ2) is 6.77. The number of aromatic nitrogens is 4. The molecule has 0 radical (unpaired) electrons. The topological polar surface area (TPSA) is 93.0 Å². The van der Waals surface area contributed by atoms with Gasteiger partial charge in [0, 0.05) is 25.2 Å². The van der Waals surface area contributed by atoms with E-state index in [4.69, 9.17) is 0 Å². The molecule has 1 aliphatic rings. The van der Waals surface area contributed by atoms with Gasteiger partial charge in [-0.2, -0.15) is 0 Å². The van der Waals surface area contributed by atoms with Crippen molar-refractivity contribution in [3.63, 3.8) is 0 Å². The monoisotopic (exact) mass is 328 g/mol. The van der Waals surface area contributed by atoms with Gasteiger partial charge < -0.3 is 10.2 Å². The van der Waals surface area contributed by atoms with E-state index < -0.39 is 0 Å². The van der Waals surface area contributed by atoms with Gasteiger partial charge in [-0.1, -0.05) is 19.9 Å². The van der Waals surface area contributed by atoms with E-state index in [-0.39, 0.29) is 24.2 Å². The summed E-state index contributed by atoms with van der Waals surface area (Å²) in [6.07, 6.45) is 1.76. The molecule has 3 rings (SSSR count). The molecule has 126 valence electrons. The third-order valence-corrected chi connectivity index (χ3v) is 3.90. The molecule has 1 aliphatic heterocycles. The van der Waals surface area contributed by atoms with Crippen molar-refractivity contribution >= 4 is 17.5 Å². The molecule has 24 heavy (non-hydrogen) atoms. The van der Waals surface area contributed by atoms with E-state index in [0.29, 0.717) is 24.7 Å². The lowest BCUT2D eigenvalue weighted by atomic mass is 10.1. The highest BCUT2D eigenvalue weighted by Crippen LogP contribution is 2.21. The molecular weight excluding hydrogens is 308 g/mol. The number of carbonyl (C=O) groups is 2. The van der Waals surface area contributed by atoms with Crippen molar-refractivity contribution in [1.29, 1.82) is 0 Å². The van der Waals surface area contributed by atoms with Crippen LogP contribution in [0, 0.1) is 11.8 Å². The van der Waals surface area contributed by atoms with Crippen molar-refractivity contribution in [3.05, 3.63) is 30.6 Å². The number of amides is 2. The summed E-state index contributed by atoms with van der Waals surface area (Å²) in [6, 6.07) is 7.25. The van der Waals surface area contributed by atoms with Crippen LogP contribution in [0.3, 0.4) is 0 Å². The summed E-state index contributed by atoms with van der Waals surface area (Å²) in [6.45, 7) is 5.29. The first-order valence-corrected chi connectivity index (χ1v) is 7.95. The molecule has 1 aromatic heterocycles. The smallest absolute Gasteiger partial charge is 0.229 e. The van der Waals surface area contributed by atoms with Gasteiger partial charge in [-0.05, 0) is 34.5 Å². The molecule has 1 aromatic carbocycles. The standard InChI is InChI=1S/C16H20N6O2/c1-11(2)8-21-9-12(6-15(21)23)16(24)18-13-4-3-5-14(7-13)22-10-17-19-20-22/h3-5,7,10-12H,6,8-9H2,1-2H3,(H,18,24)/t12-/m0/s1. The number of rotatable bonds is 5. The van der Waals surface area contributed by atoms with Crippen LogP contribution in [-0.2, 0) is 9.59 Å². The predicted molar refractivity (Wildman–Crippen MR) is 87.3 cm³/mol. The van der Waals surface area contributed by atoms with Crippen molar-refractivity contribution < 1.29 is 9.59 Å². The summed E-state index contributed by atoms with van der Waals surface area (Å²) in [5, 5.41) is 13.9. The van der Waals surface area contributed by atoms with Crippen LogP contribution in [-0.4, -0.2) is 50.0 Å². The normalized spacial score (nSPS) is 17.5. The molecular formula is C16H20N6O2. The zero-order chi connectivity index (χ0) is 17.1. The molecule has 8 heteroatoms. The fourth-order valence-electron chi connectivity index (χ4n) is 2.82. The summed E-state index contributed by atoms with van der Waals surface area (Å²) in [5.74, 6) is -0.00793. The zero-order valence-corrected chi connectivity index (χ0v) is 13.7. The minimum atomic E-state index is -0.312. The highest BCUT2D eigenvalue weighted by molar-refractivity contribution is 5.97. The molecule has 0 saturated carbocycles. The number of tetrazole rings is 1. The van der Waals surface area contributed by atoms with Crippen LogP contribution in [0.1, 0.15) is 20.3 Å². The number of benzene rings is 1. The van der Waals surface area contributed by atoms with Gasteiger partial charge in [0.15, 0.2) is 0 Å². The van der Waals surface area contributed by atoms with Gasteiger partial charge >= 0.3 is 0 Å². The number of hydrogen-bond acceptors (Lipinski definition) is 5. The van der Waals surface area contributed by atoms with Crippen molar-refractivity contribution in [3.8, 4) is 5.69 Å². The molecule has 2 heterocycles. The van der Waals surface area contributed by atoms with Crippen molar-refractivity contribution in [1.82, 2.24) is 25.1 Å². The molecule has 8 nitrogen and oxygen atoms in total. The number of carbonyl (C=O) groups excluding carboxylic acids is 2. The zero-order valence-electron chi connectivity index (χ0n) is 13.7. The Hall–Kier alpha value is -2.77. The first-order chi connectivity index (χ1) is 11.5. The van der Waals surface area contributed by atoms with E-state index in [1.807, 2.05) is 12.1 Å². The fourth-order valence-corrected chi connectivity index (χ4v) is 2.82. The Morgan fingerprint density at radius 2 is 2.25 bits per heavy atom. The van der Waals surface area contributed by atoms with Crippen LogP contribution in [0.15, 0.2) is 30.6 Å². The van der Waals surface area contributed by atoms with Gasteiger partial charge in [-0.15, -0.1) is 5.10 Å². The Bertz CT molecular complexity index is 728. The molecule has 1 atom stereocenters. The molecule has 0 unspecified atom stereocenters. The molecule has 1 saturated heterocycles. The summed E-state index contributed by atoms with van der Waals surface area (Å²) in [7, 11) is 0. The van der Waals surface area contributed by atoms with E-state index in [0.717, 1.165) is 5.69 Å². The minimum Gasteiger partial charge on any atom is -0.342 e. The van der Waals surface area contributed by atoms with E-state index in [2.05, 4.69) is 34.7 Å². The third-order valence-electron chi connectivity index (χ3n) is 3.90. The van der Waals surface area contributed by atoms with E-state index in [9.17, 15) is 9.59 Å². The van der Waals surface area contributed by atoms with Crippen LogP contribution in [0.5, 0.6) is 0 Å². The van der Waals surface area contributed by atoms with Gasteiger partial charge in [-0.25, -0.2) is 4.68 Å². The largest absolute Gasteiger partial charge is 0.342 e. The molecule has 0 spiro atoms. The van der Waals surface area contributed by atoms with E-state index >= 15 is 0 Å². The number of hydrogen-bond donors (Lipinski definition) is 1. The number of anilines is 1. The van der Waals surface area contributed by atoms with Gasteiger partial charge in [-0.3, -0.25) is 9.59 Å². The average Bonchev–Trinajstić information content (AvgIpc) is 3.18. The molecule has 1 fully saturated rings. The molecule has 0 bridgehead atoms. The highest BCUT2D eigenvalue weighted by Gasteiger charge is 2.34. The quantitative estimate of drug-likeness (QED) is 0.887. The molecule has 0 aliphatic carbocycles. The number of nitrogens with one attached hydrogen (secondary N) is 1. The molecule has 2 aromatic rings. The first kappa shape index (κ1) is 16.1.